The zero-order valence-corrected chi connectivity index (χ0v) is 18.6. The summed E-state index contributed by atoms with van der Waals surface area (Å²) >= 11 is 0. The van der Waals surface area contributed by atoms with E-state index in [-0.39, 0.29) is 32.2 Å². The van der Waals surface area contributed by atoms with Gasteiger partial charge in [-0.05, 0) is 43.5 Å². The van der Waals surface area contributed by atoms with E-state index in [2.05, 4.69) is 35.4 Å². The van der Waals surface area contributed by atoms with E-state index in [0.29, 0.717) is 17.9 Å². The Morgan fingerprint density at radius 3 is 2.39 bits per heavy atom. The molecule has 0 unspecified atom stereocenters. The van der Waals surface area contributed by atoms with Crippen LogP contribution in [-0.4, -0.2) is 56.7 Å². The third kappa shape index (κ3) is 4.89. The second-order valence-electron chi connectivity index (χ2n) is 7.68. The van der Waals surface area contributed by atoms with E-state index in [1.54, 1.807) is 6.07 Å². The van der Waals surface area contributed by atoms with Gasteiger partial charge in [0, 0.05) is 25.3 Å². The Balaban J connectivity index is 2.05. The van der Waals surface area contributed by atoms with Gasteiger partial charge in [-0.15, -0.1) is 0 Å². The maximum Gasteiger partial charge on any atom is 0.257 e. The fraction of sp³-hybridized carbons (Fsp3) is 0.417. The molecule has 0 atom stereocenters. The minimum Gasteiger partial charge on any atom is -0.395 e. The molecule has 0 bridgehead atoms. The van der Waals surface area contributed by atoms with Crippen LogP contribution in [-0.2, 0) is 13.0 Å². The first kappa shape index (κ1) is 22.8. The summed E-state index contributed by atoms with van der Waals surface area (Å²) < 4.78 is 1.97. The van der Waals surface area contributed by atoms with E-state index in [1.807, 2.05) is 30.4 Å². The number of amides is 1. The van der Waals surface area contributed by atoms with Crippen molar-refractivity contribution in [1.29, 1.82) is 0 Å². The molecule has 0 spiro atoms. The average Bonchev–Trinajstić information content (AvgIpc) is 3.06. The van der Waals surface area contributed by atoms with E-state index in [0.717, 1.165) is 29.9 Å². The highest BCUT2D eigenvalue weighted by molar-refractivity contribution is 5.99. The third-order valence-electron chi connectivity index (χ3n) is 5.59. The van der Waals surface area contributed by atoms with Gasteiger partial charge in [0.1, 0.15) is 11.5 Å². The number of nitrogens with one attached hydrogen (secondary N) is 1. The molecule has 3 rings (SSSR count). The molecule has 0 aliphatic carbocycles. The molecule has 2 heterocycles. The van der Waals surface area contributed by atoms with Crippen LogP contribution in [0.5, 0.6) is 0 Å². The Labute approximate surface area is 183 Å². The van der Waals surface area contributed by atoms with Crippen molar-refractivity contribution < 1.29 is 15.0 Å². The first-order valence-electron chi connectivity index (χ1n) is 10.8. The number of benzene rings is 1. The summed E-state index contributed by atoms with van der Waals surface area (Å²) in [5, 5.41) is 22.2. The number of carbonyl (C=O) groups is 1. The highest BCUT2D eigenvalue weighted by Crippen LogP contribution is 2.25. The van der Waals surface area contributed by atoms with Crippen molar-refractivity contribution in [3.63, 3.8) is 0 Å². The quantitative estimate of drug-likeness (QED) is 0.466. The monoisotopic (exact) mass is 424 g/mol. The molecule has 166 valence electrons. The highest BCUT2D eigenvalue weighted by Gasteiger charge is 2.22. The van der Waals surface area contributed by atoms with Crippen LogP contribution >= 0.6 is 0 Å². The Hall–Kier alpha value is -2.90. The molecule has 31 heavy (non-hydrogen) atoms. The summed E-state index contributed by atoms with van der Waals surface area (Å²) in [6, 6.07) is 11.9. The molecule has 7 heteroatoms. The predicted octanol–water partition coefficient (Wildman–Crippen LogP) is 2.94. The number of carbonyl (C=O) groups excluding carboxylic acids is 1. The molecular weight excluding hydrogens is 392 g/mol. The maximum atomic E-state index is 13.3. The number of fused-ring (bicyclic) bond motifs is 1. The van der Waals surface area contributed by atoms with Crippen LogP contribution in [0, 0.1) is 13.8 Å². The number of hydrogen-bond donors (Lipinski definition) is 3. The minimum absolute atomic E-state index is 0.162. The molecule has 0 saturated carbocycles. The van der Waals surface area contributed by atoms with Gasteiger partial charge >= 0.3 is 0 Å². The lowest BCUT2D eigenvalue weighted by atomic mass is 10.0. The van der Waals surface area contributed by atoms with Gasteiger partial charge in [-0.3, -0.25) is 9.20 Å². The van der Waals surface area contributed by atoms with Crippen LogP contribution in [0.2, 0.25) is 0 Å². The third-order valence-corrected chi connectivity index (χ3v) is 5.59. The highest BCUT2D eigenvalue weighted by atomic mass is 16.3. The molecular formula is C24H32N4O3. The Bertz CT molecular complexity index is 1040. The topological polar surface area (TPSA) is 90.1 Å². The number of rotatable bonds is 10. The van der Waals surface area contributed by atoms with E-state index >= 15 is 0 Å². The van der Waals surface area contributed by atoms with Gasteiger partial charge in [-0.25, -0.2) is 4.98 Å². The summed E-state index contributed by atoms with van der Waals surface area (Å²) in [5.41, 5.74) is 5.61. The van der Waals surface area contributed by atoms with E-state index < -0.39 is 0 Å². The molecule has 2 aromatic heterocycles. The van der Waals surface area contributed by atoms with Gasteiger partial charge in [-0.2, -0.15) is 0 Å². The summed E-state index contributed by atoms with van der Waals surface area (Å²) in [6.45, 7) is 6.68. The molecule has 1 amide bonds. The minimum atomic E-state index is -0.236. The van der Waals surface area contributed by atoms with Gasteiger partial charge in [0.05, 0.1) is 24.5 Å². The Morgan fingerprint density at radius 1 is 1.06 bits per heavy atom. The maximum absolute atomic E-state index is 13.3. The van der Waals surface area contributed by atoms with Crippen molar-refractivity contribution in [2.24, 2.45) is 0 Å². The number of nitrogens with zero attached hydrogens (tertiary/aromatic N) is 3. The number of imidazole rings is 1. The zero-order valence-electron chi connectivity index (χ0n) is 18.6. The fourth-order valence-electron chi connectivity index (χ4n) is 3.88. The van der Waals surface area contributed by atoms with Gasteiger partial charge in [0.25, 0.3) is 5.91 Å². The first-order valence-corrected chi connectivity index (χ1v) is 10.8. The molecule has 1 aromatic carbocycles. The molecule has 0 aliphatic rings. The normalized spacial score (nSPS) is 11.1. The molecule has 0 aliphatic heterocycles. The van der Waals surface area contributed by atoms with E-state index in [4.69, 9.17) is 0 Å². The van der Waals surface area contributed by atoms with Crippen molar-refractivity contribution in [2.45, 2.75) is 40.2 Å². The fourth-order valence-corrected chi connectivity index (χ4v) is 3.88. The van der Waals surface area contributed by atoms with E-state index in [1.165, 1.54) is 16.0 Å². The van der Waals surface area contributed by atoms with Gasteiger partial charge in [0.15, 0.2) is 0 Å². The smallest absolute Gasteiger partial charge is 0.257 e. The lowest BCUT2D eigenvalue weighted by Gasteiger charge is -2.23. The second kappa shape index (κ2) is 10.4. The Kier molecular flexibility index (Phi) is 7.65. The summed E-state index contributed by atoms with van der Waals surface area (Å²) in [7, 11) is 0. The Morgan fingerprint density at radius 2 is 1.74 bits per heavy atom. The SMILES string of the molecule is CCCc1ccccc1CNc1c(C(=O)N(CCO)CCO)ccc2nc(C)c(C)n12. The molecule has 0 fully saturated rings. The van der Waals surface area contributed by atoms with Crippen LogP contribution in [0.1, 0.15) is 46.2 Å². The number of hydrogen-bond acceptors (Lipinski definition) is 5. The van der Waals surface area contributed by atoms with Crippen molar-refractivity contribution in [1.82, 2.24) is 14.3 Å². The summed E-state index contributed by atoms with van der Waals surface area (Å²) in [4.78, 5) is 19.4. The lowest BCUT2D eigenvalue weighted by molar-refractivity contribution is 0.0685. The van der Waals surface area contributed by atoms with Crippen LogP contribution < -0.4 is 5.32 Å². The number of aromatic nitrogens is 2. The van der Waals surface area contributed by atoms with Crippen LogP contribution in [0.4, 0.5) is 5.82 Å². The molecule has 3 aromatic rings. The van der Waals surface area contributed by atoms with Gasteiger partial charge < -0.3 is 20.4 Å². The van der Waals surface area contributed by atoms with Crippen molar-refractivity contribution >= 4 is 17.4 Å². The molecule has 7 nitrogen and oxygen atoms in total. The number of aliphatic hydroxyl groups excluding tert-OH is 2. The summed E-state index contributed by atoms with van der Waals surface area (Å²) in [6.07, 6.45) is 2.06. The molecule has 3 N–H and O–H groups in total. The van der Waals surface area contributed by atoms with Crippen molar-refractivity contribution in [3.8, 4) is 0 Å². The number of pyridine rings is 1. The predicted molar refractivity (Wildman–Crippen MR) is 123 cm³/mol. The van der Waals surface area contributed by atoms with Gasteiger partial charge in [0.2, 0.25) is 0 Å². The number of aliphatic hydroxyl groups is 2. The van der Waals surface area contributed by atoms with Gasteiger partial charge in [-0.1, -0.05) is 37.6 Å². The van der Waals surface area contributed by atoms with Crippen molar-refractivity contribution in [3.05, 3.63) is 64.5 Å². The largest absolute Gasteiger partial charge is 0.395 e. The summed E-state index contributed by atoms with van der Waals surface area (Å²) in [5.74, 6) is 0.438. The van der Waals surface area contributed by atoms with Crippen LogP contribution in [0.15, 0.2) is 36.4 Å². The standard InChI is InChI=1S/C24H32N4O3/c1-4-7-19-8-5-6-9-20(19)16-25-23-21(24(31)27(12-14-29)13-15-30)10-11-22-26-17(2)18(3)28(22)23/h5-6,8-11,25,29-30H,4,7,12-16H2,1-3H3. The first-order chi connectivity index (χ1) is 15.0. The van der Waals surface area contributed by atoms with Crippen LogP contribution in [0.25, 0.3) is 5.65 Å². The molecule has 0 radical (unpaired) electrons. The zero-order chi connectivity index (χ0) is 22.4. The van der Waals surface area contributed by atoms with Crippen LogP contribution in [0.3, 0.4) is 0 Å². The molecule has 0 saturated heterocycles. The lowest BCUT2D eigenvalue weighted by Crippen LogP contribution is -2.36. The number of anilines is 1. The second-order valence-corrected chi connectivity index (χ2v) is 7.68. The van der Waals surface area contributed by atoms with Crippen molar-refractivity contribution in [2.75, 3.05) is 31.6 Å². The average molecular weight is 425 g/mol. The van der Waals surface area contributed by atoms with E-state index in [9.17, 15) is 15.0 Å². The number of aryl methyl sites for hydroxylation is 3.